The van der Waals surface area contributed by atoms with Crippen LogP contribution >= 0.6 is 24.0 Å². The Morgan fingerprint density at radius 3 is 2.52 bits per heavy atom. The largest absolute Gasteiger partial charge is 0.379 e. The maximum atomic E-state index is 6.17. The Kier molecular flexibility index (Phi) is 5.84. The van der Waals surface area contributed by atoms with Crippen LogP contribution in [-0.4, -0.2) is 22.7 Å². The van der Waals surface area contributed by atoms with Gasteiger partial charge in [0.25, 0.3) is 0 Å². The van der Waals surface area contributed by atoms with E-state index in [1.165, 1.54) is 17.3 Å². The van der Waals surface area contributed by atoms with Gasteiger partial charge in [-0.3, -0.25) is 4.99 Å². The summed E-state index contributed by atoms with van der Waals surface area (Å²) >= 11 is 6.88. The molecule has 4 N–H and O–H groups in total. The van der Waals surface area contributed by atoms with E-state index in [-0.39, 0.29) is 11.6 Å². The van der Waals surface area contributed by atoms with Crippen LogP contribution in [0.4, 0.5) is 0 Å². The fourth-order valence-corrected chi connectivity index (χ4v) is 3.11. The van der Waals surface area contributed by atoms with Crippen molar-refractivity contribution in [1.82, 2.24) is 10.6 Å². The van der Waals surface area contributed by atoms with Gasteiger partial charge >= 0.3 is 0 Å². The van der Waals surface area contributed by atoms with Crippen molar-refractivity contribution >= 4 is 34.0 Å². The monoisotopic (exact) mass is 348 g/mol. The van der Waals surface area contributed by atoms with E-state index >= 15 is 0 Å². The van der Waals surface area contributed by atoms with Gasteiger partial charge in [-0.15, -0.1) is 0 Å². The molecular weight excluding hydrogens is 324 g/mol. The van der Waals surface area contributed by atoms with Crippen molar-refractivity contribution in [2.75, 3.05) is 6.54 Å². The molecule has 1 aromatic rings. The molecule has 0 spiro atoms. The predicted octanol–water partition coefficient (Wildman–Crippen LogP) is 3.18. The van der Waals surface area contributed by atoms with Gasteiger partial charge in [0.15, 0.2) is 0 Å². The number of aliphatic imine (C=N–C) groups is 1. The zero-order valence-corrected chi connectivity index (χ0v) is 15.6. The Morgan fingerprint density at radius 1 is 1.35 bits per heavy atom. The van der Waals surface area contributed by atoms with Crippen LogP contribution < -0.4 is 16.4 Å². The topological polar surface area (TPSA) is 62.4 Å². The summed E-state index contributed by atoms with van der Waals surface area (Å²) in [4.78, 5) is 5.62. The lowest BCUT2D eigenvalue weighted by atomic mass is 9.89. The number of rotatable bonds is 3. The van der Waals surface area contributed by atoms with Crippen LogP contribution in [0.25, 0.3) is 0 Å². The Bertz CT molecular complexity index is 627. The number of nitrogens with two attached hydrogens (primary N) is 1. The minimum absolute atomic E-state index is 0.0587. The molecule has 0 saturated carbocycles. The van der Waals surface area contributed by atoms with E-state index < -0.39 is 0 Å². The second kappa shape index (κ2) is 7.47. The quantitative estimate of drug-likeness (QED) is 0.445. The highest BCUT2D eigenvalue weighted by Gasteiger charge is 2.22. The summed E-state index contributed by atoms with van der Waals surface area (Å²) < 4.78 is 0.648. The van der Waals surface area contributed by atoms with Gasteiger partial charge in [-0.2, -0.15) is 0 Å². The fourth-order valence-electron chi connectivity index (χ4n) is 2.02. The average molecular weight is 349 g/mol. The molecule has 0 bridgehead atoms. The number of hydrogen-bond acceptors (Lipinski definition) is 5. The summed E-state index contributed by atoms with van der Waals surface area (Å²) in [5, 5.41) is 6.46. The SMILES string of the molecule is Cc1ccc(SC(=S)NC(N)C2=CN=C(C(C)(C)C)CN2)cc1. The lowest BCUT2D eigenvalue weighted by Gasteiger charge is -2.28. The van der Waals surface area contributed by atoms with Gasteiger partial charge in [0.1, 0.15) is 10.5 Å². The lowest BCUT2D eigenvalue weighted by Crippen LogP contribution is -2.47. The Labute approximate surface area is 148 Å². The summed E-state index contributed by atoms with van der Waals surface area (Å²) in [7, 11) is 0. The summed E-state index contributed by atoms with van der Waals surface area (Å²) in [5.41, 5.74) is 9.43. The number of hydrogen-bond donors (Lipinski definition) is 3. The molecule has 0 saturated heterocycles. The third-order valence-corrected chi connectivity index (χ3v) is 4.70. The van der Waals surface area contributed by atoms with Gasteiger partial charge < -0.3 is 16.4 Å². The lowest BCUT2D eigenvalue weighted by molar-refractivity contribution is 0.565. The van der Waals surface area contributed by atoms with E-state index in [0.717, 1.165) is 16.3 Å². The Balaban J connectivity index is 1.93. The highest BCUT2D eigenvalue weighted by Crippen LogP contribution is 2.20. The normalized spacial score (nSPS) is 16.0. The first kappa shape index (κ1) is 18.0. The van der Waals surface area contributed by atoms with E-state index in [4.69, 9.17) is 18.0 Å². The number of thioether (sulfide) groups is 1. The van der Waals surface area contributed by atoms with Crippen LogP contribution in [-0.2, 0) is 0 Å². The molecule has 1 unspecified atom stereocenters. The van der Waals surface area contributed by atoms with Crippen LogP contribution in [0.15, 0.2) is 46.1 Å². The van der Waals surface area contributed by atoms with E-state index in [0.29, 0.717) is 10.9 Å². The first-order valence-corrected chi connectivity index (χ1v) is 8.80. The maximum Gasteiger partial charge on any atom is 0.140 e. The number of thiocarbonyl (C=S) groups is 1. The molecule has 4 nitrogen and oxygen atoms in total. The van der Waals surface area contributed by atoms with Crippen molar-refractivity contribution in [2.24, 2.45) is 16.1 Å². The molecule has 124 valence electrons. The third kappa shape index (κ3) is 5.34. The molecule has 0 aromatic heterocycles. The van der Waals surface area contributed by atoms with E-state index in [2.05, 4.69) is 67.6 Å². The molecular formula is C17H24N4S2. The van der Waals surface area contributed by atoms with Crippen molar-refractivity contribution in [3.05, 3.63) is 41.7 Å². The first-order chi connectivity index (χ1) is 10.8. The molecule has 1 atom stereocenters. The van der Waals surface area contributed by atoms with Gasteiger partial charge in [0.05, 0.1) is 12.2 Å². The van der Waals surface area contributed by atoms with Crippen LogP contribution in [0.3, 0.4) is 0 Å². The zero-order valence-electron chi connectivity index (χ0n) is 14.0. The first-order valence-electron chi connectivity index (χ1n) is 7.57. The van der Waals surface area contributed by atoms with Gasteiger partial charge in [0, 0.05) is 22.2 Å². The minimum atomic E-state index is -0.384. The van der Waals surface area contributed by atoms with Crippen LogP contribution in [0.2, 0.25) is 0 Å². The predicted molar refractivity (Wildman–Crippen MR) is 104 cm³/mol. The number of nitrogens with zero attached hydrogens (tertiary/aromatic N) is 1. The Hall–Kier alpha value is -1.37. The molecule has 1 aliphatic heterocycles. The number of nitrogens with one attached hydrogen (secondary N) is 2. The van der Waals surface area contributed by atoms with Crippen LogP contribution in [0, 0.1) is 12.3 Å². The van der Waals surface area contributed by atoms with Crippen LogP contribution in [0.5, 0.6) is 0 Å². The second-order valence-electron chi connectivity index (χ2n) is 6.59. The highest BCUT2D eigenvalue weighted by atomic mass is 32.2. The standard InChI is InChI=1S/C17H24N4S2/c1-11-5-7-12(8-6-11)23-16(22)21-15(18)13-9-20-14(10-19-13)17(2,3)4/h5-9,15,19H,10,18H2,1-4H3,(H,21,22). The van der Waals surface area contributed by atoms with Gasteiger partial charge in [-0.1, -0.05) is 62.4 Å². The van der Waals surface area contributed by atoms with Crippen LogP contribution in [0.1, 0.15) is 26.3 Å². The molecule has 0 aliphatic carbocycles. The Morgan fingerprint density at radius 2 is 2.00 bits per heavy atom. The van der Waals surface area contributed by atoms with Crippen molar-refractivity contribution < 1.29 is 0 Å². The molecule has 23 heavy (non-hydrogen) atoms. The van der Waals surface area contributed by atoms with E-state index in [9.17, 15) is 0 Å². The molecule has 1 aromatic carbocycles. The van der Waals surface area contributed by atoms with Crippen molar-refractivity contribution in [3.8, 4) is 0 Å². The van der Waals surface area contributed by atoms with Crippen molar-refractivity contribution in [3.63, 3.8) is 0 Å². The summed E-state index contributed by atoms with van der Waals surface area (Å²) in [5.74, 6) is 0. The molecule has 0 amide bonds. The third-order valence-electron chi connectivity index (χ3n) is 3.53. The maximum absolute atomic E-state index is 6.17. The van der Waals surface area contributed by atoms with Gasteiger partial charge in [0.2, 0.25) is 0 Å². The fraction of sp³-hybridized carbons (Fsp3) is 0.412. The average Bonchev–Trinajstić information content (AvgIpc) is 2.49. The molecule has 1 aliphatic rings. The smallest absolute Gasteiger partial charge is 0.140 e. The zero-order chi connectivity index (χ0) is 17.0. The number of aryl methyl sites for hydroxylation is 1. The molecule has 6 heteroatoms. The second-order valence-corrected chi connectivity index (χ2v) is 8.34. The minimum Gasteiger partial charge on any atom is -0.379 e. The van der Waals surface area contributed by atoms with E-state index in [1.54, 1.807) is 6.20 Å². The molecule has 2 rings (SSSR count). The summed E-state index contributed by atoms with van der Waals surface area (Å²) in [6, 6.07) is 8.24. The van der Waals surface area contributed by atoms with Gasteiger partial charge in [-0.05, 0) is 19.1 Å². The highest BCUT2D eigenvalue weighted by molar-refractivity contribution is 8.23. The number of benzene rings is 1. The van der Waals surface area contributed by atoms with E-state index in [1.807, 2.05) is 0 Å². The van der Waals surface area contributed by atoms with Gasteiger partial charge in [-0.25, -0.2) is 0 Å². The summed E-state index contributed by atoms with van der Waals surface area (Å²) in [6.45, 7) is 9.23. The molecule has 0 radical (unpaired) electrons. The van der Waals surface area contributed by atoms with Crippen molar-refractivity contribution in [1.29, 1.82) is 0 Å². The molecule has 0 fully saturated rings. The molecule has 1 heterocycles. The summed E-state index contributed by atoms with van der Waals surface area (Å²) in [6.07, 6.45) is 1.41. The van der Waals surface area contributed by atoms with Crippen molar-refractivity contribution in [2.45, 2.75) is 38.8 Å².